The van der Waals surface area contributed by atoms with Gasteiger partial charge in [-0.15, -0.1) is 11.8 Å². The lowest BCUT2D eigenvalue weighted by Gasteiger charge is -2.38. The molecule has 0 saturated carbocycles. The van der Waals surface area contributed by atoms with Crippen LogP contribution in [0.15, 0.2) is 0 Å². The van der Waals surface area contributed by atoms with E-state index in [1.807, 2.05) is 30.5 Å². The van der Waals surface area contributed by atoms with Gasteiger partial charge >= 0.3 is 0 Å². The average molecular weight is 229 g/mol. The Balaban J connectivity index is 1.89. The summed E-state index contributed by atoms with van der Waals surface area (Å²) < 4.78 is 5.79. The van der Waals surface area contributed by atoms with E-state index in [0.29, 0.717) is 0 Å². The molecule has 2 saturated heterocycles. The van der Waals surface area contributed by atoms with Crippen molar-refractivity contribution in [2.75, 3.05) is 25.4 Å². The van der Waals surface area contributed by atoms with E-state index < -0.39 is 0 Å². The first-order valence-corrected chi connectivity index (χ1v) is 6.68. The molecule has 2 rings (SSSR count). The van der Waals surface area contributed by atoms with Gasteiger partial charge in [-0.2, -0.15) is 0 Å². The SMILES string of the molecule is CC(C)C(=O)N1CCC2(CC1)OCCS2. The van der Waals surface area contributed by atoms with Crippen LogP contribution < -0.4 is 0 Å². The zero-order valence-corrected chi connectivity index (χ0v) is 10.3. The van der Waals surface area contributed by atoms with Crippen LogP contribution in [0, 0.1) is 5.92 Å². The summed E-state index contributed by atoms with van der Waals surface area (Å²) in [7, 11) is 0. The molecule has 2 heterocycles. The quantitative estimate of drug-likeness (QED) is 0.686. The molecule has 2 aliphatic rings. The van der Waals surface area contributed by atoms with Gasteiger partial charge in [-0.3, -0.25) is 4.79 Å². The molecule has 0 unspecified atom stereocenters. The van der Waals surface area contributed by atoms with E-state index >= 15 is 0 Å². The Bertz CT molecular complexity index is 239. The van der Waals surface area contributed by atoms with Crippen LogP contribution in [0.2, 0.25) is 0 Å². The smallest absolute Gasteiger partial charge is 0.225 e. The van der Waals surface area contributed by atoms with Crippen LogP contribution in [-0.4, -0.2) is 41.2 Å². The maximum atomic E-state index is 11.8. The Morgan fingerprint density at radius 3 is 2.53 bits per heavy atom. The predicted octanol–water partition coefficient (Wildman–Crippen LogP) is 1.72. The lowest BCUT2D eigenvalue weighted by atomic mass is 10.0. The van der Waals surface area contributed by atoms with Crippen molar-refractivity contribution in [1.29, 1.82) is 0 Å². The number of carbonyl (C=O) groups is 1. The van der Waals surface area contributed by atoms with E-state index in [9.17, 15) is 4.79 Å². The maximum absolute atomic E-state index is 11.8. The molecular formula is C11H19NO2S. The second kappa shape index (κ2) is 4.34. The summed E-state index contributed by atoms with van der Waals surface area (Å²) in [5.74, 6) is 1.52. The highest BCUT2D eigenvalue weighted by Gasteiger charge is 2.40. The van der Waals surface area contributed by atoms with Crippen LogP contribution in [0.4, 0.5) is 0 Å². The molecule has 0 aromatic carbocycles. The van der Waals surface area contributed by atoms with Gasteiger partial charge in [0.05, 0.1) is 6.61 Å². The Hall–Kier alpha value is -0.220. The topological polar surface area (TPSA) is 29.5 Å². The molecular weight excluding hydrogens is 210 g/mol. The van der Waals surface area contributed by atoms with Crippen LogP contribution in [0.5, 0.6) is 0 Å². The first kappa shape index (κ1) is 11.3. The van der Waals surface area contributed by atoms with Gasteiger partial charge in [-0.05, 0) is 0 Å². The predicted molar refractivity (Wildman–Crippen MR) is 61.8 cm³/mol. The first-order valence-electron chi connectivity index (χ1n) is 5.70. The van der Waals surface area contributed by atoms with Gasteiger partial charge in [0.15, 0.2) is 0 Å². The van der Waals surface area contributed by atoms with Crippen molar-refractivity contribution in [1.82, 2.24) is 4.90 Å². The monoisotopic (exact) mass is 229 g/mol. The highest BCUT2D eigenvalue weighted by molar-refractivity contribution is 8.00. The van der Waals surface area contributed by atoms with Crippen molar-refractivity contribution in [2.24, 2.45) is 5.92 Å². The van der Waals surface area contributed by atoms with Crippen LogP contribution in [0.25, 0.3) is 0 Å². The molecule has 0 bridgehead atoms. The maximum Gasteiger partial charge on any atom is 0.225 e. The first-order chi connectivity index (χ1) is 7.13. The molecule has 4 heteroatoms. The van der Waals surface area contributed by atoms with E-state index in [2.05, 4.69) is 0 Å². The van der Waals surface area contributed by atoms with Crippen LogP contribution in [-0.2, 0) is 9.53 Å². The molecule has 2 fully saturated rings. The second-order valence-electron chi connectivity index (χ2n) is 4.59. The molecule has 3 nitrogen and oxygen atoms in total. The van der Waals surface area contributed by atoms with Crippen LogP contribution in [0.3, 0.4) is 0 Å². The van der Waals surface area contributed by atoms with Gasteiger partial charge in [0.2, 0.25) is 5.91 Å². The highest BCUT2D eigenvalue weighted by Crippen LogP contribution is 2.41. The largest absolute Gasteiger partial charge is 0.363 e. The second-order valence-corrected chi connectivity index (χ2v) is 6.03. The van der Waals surface area contributed by atoms with Gasteiger partial charge < -0.3 is 9.64 Å². The number of rotatable bonds is 1. The molecule has 0 atom stereocenters. The molecule has 0 N–H and O–H groups in total. The number of amides is 1. The molecule has 0 aliphatic carbocycles. The number of thioether (sulfide) groups is 1. The summed E-state index contributed by atoms with van der Waals surface area (Å²) in [4.78, 5) is 13.8. The number of nitrogens with zero attached hydrogens (tertiary/aromatic N) is 1. The fraction of sp³-hybridized carbons (Fsp3) is 0.909. The van der Waals surface area contributed by atoms with Crippen molar-refractivity contribution < 1.29 is 9.53 Å². The van der Waals surface area contributed by atoms with Crippen molar-refractivity contribution >= 4 is 17.7 Å². The molecule has 1 spiro atoms. The zero-order chi connectivity index (χ0) is 10.9. The summed E-state index contributed by atoms with van der Waals surface area (Å²) in [6, 6.07) is 0. The highest BCUT2D eigenvalue weighted by atomic mass is 32.2. The third-order valence-electron chi connectivity index (χ3n) is 3.14. The van der Waals surface area contributed by atoms with E-state index in [4.69, 9.17) is 4.74 Å². The fourth-order valence-electron chi connectivity index (χ4n) is 2.22. The lowest BCUT2D eigenvalue weighted by molar-refractivity contribution is -0.137. The van der Waals surface area contributed by atoms with Crippen LogP contribution in [0.1, 0.15) is 26.7 Å². The molecule has 0 aromatic rings. The van der Waals surface area contributed by atoms with Gasteiger partial charge in [-0.1, -0.05) is 13.8 Å². The van der Waals surface area contributed by atoms with E-state index in [0.717, 1.165) is 38.3 Å². The minimum absolute atomic E-state index is 0.0494. The third-order valence-corrected chi connectivity index (χ3v) is 4.57. The molecule has 0 radical (unpaired) electrons. The summed E-state index contributed by atoms with van der Waals surface area (Å²) in [6.07, 6.45) is 1.99. The minimum atomic E-state index is 0.0494. The minimum Gasteiger partial charge on any atom is -0.363 e. The number of likely N-dealkylation sites (tertiary alicyclic amines) is 1. The Morgan fingerprint density at radius 2 is 2.07 bits per heavy atom. The van der Waals surface area contributed by atoms with Crippen molar-refractivity contribution in [2.45, 2.75) is 31.6 Å². The third kappa shape index (κ3) is 2.31. The lowest BCUT2D eigenvalue weighted by Crippen LogP contribution is -2.46. The Morgan fingerprint density at radius 1 is 1.40 bits per heavy atom. The van der Waals surface area contributed by atoms with Crippen molar-refractivity contribution in [3.8, 4) is 0 Å². The summed E-state index contributed by atoms with van der Waals surface area (Å²) in [5.41, 5.74) is 0. The average Bonchev–Trinajstić information content (AvgIpc) is 2.67. The normalized spacial score (nSPS) is 25.1. The van der Waals surface area contributed by atoms with Crippen LogP contribution >= 0.6 is 11.8 Å². The Kier molecular flexibility index (Phi) is 3.26. The van der Waals surface area contributed by atoms with Gasteiger partial charge in [0.25, 0.3) is 0 Å². The number of carbonyl (C=O) groups excluding carboxylic acids is 1. The molecule has 0 aromatic heterocycles. The van der Waals surface area contributed by atoms with Gasteiger partial charge in [0, 0.05) is 37.6 Å². The fourth-order valence-corrected chi connectivity index (χ4v) is 3.40. The summed E-state index contributed by atoms with van der Waals surface area (Å²) in [5, 5.41) is 0. The number of piperidine rings is 1. The standard InChI is InChI=1S/C11H19NO2S/c1-9(2)10(13)12-5-3-11(4-6-12)14-7-8-15-11/h9H,3-8H2,1-2H3. The molecule has 15 heavy (non-hydrogen) atoms. The number of ether oxygens (including phenoxy) is 1. The van der Waals surface area contributed by atoms with Crippen molar-refractivity contribution in [3.63, 3.8) is 0 Å². The number of hydrogen-bond acceptors (Lipinski definition) is 3. The zero-order valence-electron chi connectivity index (χ0n) is 9.49. The molecule has 1 amide bonds. The summed E-state index contributed by atoms with van der Waals surface area (Å²) >= 11 is 1.93. The van der Waals surface area contributed by atoms with Crippen molar-refractivity contribution in [3.05, 3.63) is 0 Å². The van der Waals surface area contributed by atoms with Gasteiger partial charge in [-0.25, -0.2) is 0 Å². The molecule has 86 valence electrons. The van der Waals surface area contributed by atoms with E-state index in [1.165, 1.54) is 0 Å². The van der Waals surface area contributed by atoms with E-state index in [-0.39, 0.29) is 16.8 Å². The Labute approximate surface area is 95.5 Å². The molecule has 2 aliphatic heterocycles. The van der Waals surface area contributed by atoms with Gasteiger partial charge in [0.1, 0.15) is 4.93 Å². The number of hydrogen-bond donors (Lipinski definition) is 0. The summed E-state index contributed by atoms with van der Waals surface area (Å²) in [6.45, 7) is 6.54. The van der Waals surface area contributed by atoms with E-state index in [1.54, 1.807) is 0 Å².